The molecule has 0 saturated carbocycles. The number of rotatable bonds is 5. The highest BCUT2D eigenvalue weighted by molar-refractivity contribution is 7.88. The van der Waals surface area contributed by atoms with E-state index in [2.05, 4.69) is 5.32 Å². The first-order chi connectivity index (χ1) is 8.36. The predicted molar refractivity (Wildman–Crippen MR) is 68.7 cm³/mol. The normalized spacial score (nSPS) is 23.6. The van der Waals surface area contributed by atoms with Crippen LogP contribution in [0.15, 0.2) is 0 Å². The van der Waals surface area contributed by atoms with Gasteiger partial charge in [-0.1, -0.05) is 6.42 Å². The second-order valence-electron chi connectivity index (χ2n) is 4.75. The minimum Gasteiger partial charge on any atom is -0.383 e. The lowest BCUT2D eigenvalue weighted by molar-refractivity contribution is -0.126. The average Bonchev–Trinajstić information content (AvgIpc) is 2.28. The van der Waals surface area contributed by atoms with Gasteiger partial charge < -0.3 is 10.1 Å². The zero-order valence-electron chi connectivity index (χ0n) is 11.2. The van der Waals surface area contributed by atoms with Crippen LogP contribution in [0.25, 0.3) is 0 Å². The van der Waals surface area contributed by atoms with Crippen molar-refractivity contribution in [1.82, 2.24) is 9.62 Å². The Morgan fingerprint density at radius 1 is 1.50 bits per heavy atom. The van der Waals surface area contributed by atoms with Crippen molar-refractivity contribution in [2.24, 2.45) is 0 Å². The van der Waals surface area contributed by atoms with Crippen LogP contribution in [0.4, 0.5) is 0 Å². The van der Waals surface area contributed by atoms with Crippen molar-refractivity contribution in [3.63, 3.8) is 0 Å². The lowest BCUT2D eigenvalue weighted by Crippen LogP contribution is -2.53. The number of amides is 1. The number of nitrogens with zero attached hydrogens (tertiary/aromatic N) is 1. The Kier molecular flexibility index (Phi) is 5.55. The summed E-state index contributed by atoms with van der Waals surface area (Å²) < 4.78 is 29.5. The van der Waals surface area contributed by atoms with Gasteiger partial charge >= 0.3 is 0 Å². The van der Waals surface area contributed by atoms with E-state index >= 15 is 0 Å². The number of hydrogen-bond donors (Lipinski definition) is 1. The van der Waals surface area contributed by atoms with Crippen molar-refractivity contribution in [2.75, 3.05) is 26.5 Å². The Hall–Kier alpha value is -0.660. The lowest BCUT2D eigenvalue weighted by atomic mass is 10.0. The molecule has 0 unspecified atom stereocenters. The summed E-state index contributed by atoms with van der Waals surface area (Å²) in [6.07, 6.45) is 3.42. The number of sulfonamides is 1. The maximum atomic E-state index is 12.1. The number of nitrogens with one attached hydrogen (secondary N) is 1. The van der Waals surface area contributed by atoms with Gasteiger partial charge in [-0.3, -0.25) is 4.79 Å². The number of piperidine rings is 1. The fourth-order valence-corrected chi connectivity index (χ4v) is 3.32. The van der Waals surface area contributed by atoms with E-state index < -0.39 is 16.1 Å². The molecule has 0 radical (unpaired) electrons. The third kappa shape index (κ3) is 4.22. The van der Waals surface area contributed by atoms with Gasteiger partial charge in [0.15, 0.2) is 0 Å². The molecule has 0 aromatic carbocycles. The van der Waals surface area contributed by atoms with Crippen LogP contribution in [0.5, 0.6) is 0 Å². The van der Waals surface area contributed by atoms with Crippen LogP contribution < -0.4 is 5.32 Å². The fraction of sp³-hybridized carbons (Fsp3) is 0.909. The molecule has 1 aliphatic rings. The largest absolute Gasteiger partial charge is 0.383 e. The van der Waals surface area contributed by atoms with E-state index in [9.17, 15) is 13.2 Å². The van der Waals surface area contributed by atoms with E-state index in [0.29, 0.717) is 19.6 Å². The smallest absolute Gasteiger partial charge is 0.238 e. The summed E-state index contributed by atoms with van der Waals surface area (Å²) in [6, 6.07) is -0.695. The quantitative estimate of drug-likeness (QED) is 0.765. The summed E-state index contributed by atoms with van der Waals surface area (Å²) in [4.78, 5) is 12.1. The molecule has 18 heavy (non-hydrogen) atoms. The van der Waals surface area contributed by atoms with Crippen LogP contribution in [0.2, 0.25) is 0 Å². The highest BCUT2D eigenvalue weighted by atomic mass is 32.2. The Morgan fingerprint density at radius 2 is 2.17 bits per heavy atom. The standard InChI is InChI=1S/C11H22N2O4S/c1-9(8-17-2)12-11(14)10-6-4-5-7-13(10)18(3,15)16/h9-10H,4-8H2,1-3H3,(H,12,14)/t9-,10-/m1/s1. The Bertz CT molecular complexity index is 383. The van der Waals surface area contributed by atoms with Gasteiger partial charge in [-0.2, -0.15) is 4.31 Å². The van der Waals surface area contributed by atoms with Crippen molar-refractivity contribution in [3.8, 4) is 0 Å². The topological polar surface area (TPSA) is 75.7 Å². The zero-order chi connectivity index (χ0) is 13.8. The second-order valence-corrected chi connectivity index (χ2v) is 6.69. The van der Waals surface area contributed by atoms with Gasteiger partial charge in [-0.05, 0) is 19.8 Å². The minimum atomic E-state index is -3.33. The van der Waals surface area contributed by atoms with Gasteiger partial charge in [0, 0.05) is 19.7 Å². The van der Waals surface area contributed by atoms with Gasteiger partial charge in [0.05, 0.1) is 12.9 Å². The fourth-order valence-electron chi connectivity index (χ4n) is 2.19. The first-order valence-corrected chi connectivity index (χ1v) is 7.97. The monoisotopic (exact) mass is 278 g/mol. The third-order valence-electron chi connectivity index (χ3n) is 2.99. The van der Waals surface area contributed by atoms with E-state index in [1.165, 1.54) is 4.31 Å². The first kappa shape index (κ1) is 15.4. The molecular formula is C11H22N2O4S. The molecule has 1 fully saturated rings. The SMILES string of the molecule is COC[C@@H](C)NC(=O)[C@H]1CCCCN1S(C)(=O)=O. The van der Waals surface area contributed by atoms with Crippen LogP contribution in [-0.2, 0) is 19.6 Å². The number of methoxy groups -OCH3 is 1. The molecule has 0 bridgehead atoms. The number of carbonyl (C=O) groups excluding carboxylic acids is 1. The molecule has 2 atom stereocenters. The van der Waals surface area contributed by atoms with Crippen LogP contribution in [0.1, 0.15) is 26.2 Å². The van der Waals surface area contributed by atoms with Gasteiger partial charge in [0.1, 0.15) is 6.04 Å². The summed E-state index contributed by atoms with van der Waals surface area (Å²) in [5.41, 5.74) is 0. The van der Waals surface area contributed by atoms with Gasteiger partial charge in [-0.25, -0.2) is 8.42 Å². The number of hydrogen-bond acceptors (Lipinski definition) is 4. The maximum absolute atomic E-state index is 12.1. The molecule has 1 amide bonds. The molecule has 0 spiro atoms. The Labute approximate surface area is 109 Å². The van der Waals surface area contributed by atoms with Crippen molar-refractivity contribution >= 4 is 15.9 Å². The molecule has 0 aromatic rings. The second kappa shape index (κ2) is 6.49. The minimum absolute atomic E-state index is 0.120. The van der Waals surface area contributed by atoms with Crippen molar-refractivity contribution < 1.29 is 17.9 Å². The highest BCUT2D eigenvalue weighted by Crippen LogP contribution is 2.20. The highest BCUT2D eigenvalue weighted by Gasteiger charge is 2.34. The van der Waals surface area contributed by atoms with E-state index in [4.69, 9.17) is 4.74 Å². The molecular weight excluding hydrogens is 256 g/mol. The van der Waals surface area contributed by atoms with Gasteiger partial charge in [-0.15, -0.1) is 0 Å². The summed E-state index contributed by atoms with van der Waals surface area (Å²) in [6.45, 7) is 2.67. The zero-order valence-corrected chi connectivity index (χ0v) is 12.0. The van der Waals surface area contributed by atoms with Crippen LogP contribution >= 0.6 is 0 Å². The molecule has 6 nitrogen and oxygen atoms in total. The molecule has 1 saturated heterocycles. The average molecular weight is 278 g/mol. The van der Waals surface area contributed by atoms with E-state index in [-0.39, 0.29) is 11.9 Å². The van der Waals surface area contributed by atoms with Crippen LogP contribution in [0.3, 0.4) is 0 Å². The molecule has 1 N–H and O–H groups in total. The number of carbonyl (C=O) groups is 1. The summed E-state index contributed by atoms with van der Waals surface area (Å²) >= 11 is 0. The molecule has 1 rings (SSSR count). The van der Waals surface area contributed by atoms with Crippen molar-refractivity contribution in [2.45, 2.75) is 38.3 Å². The molecule has 106 valence electrons. The molecule has 1 aliphatic heterocycles. The first-order valence-electron chi connectivity index (χ1n) is 6.12. The van der Waals surface area contributed by atoms with Crippen molar-refractivity contribution in [3.05, 3.63) is 0 Å². The van der Waals surface area contributed by atoms with Crippen LogP contribution in [-0.4, -0.2) is 57.2 Å². The lowest BCUT2D eigenvalue weighted by Gasteiger charge is -2.33. The van der Waals surface area contributed by atoms with Crippen LogP contribution in [0, 0.1) is 0 Å². The molecule has 0 aliphatic carbocycles. The van der Waals surface area contributed by atoms with Gasteiger partial charge in [0.2, 0.25) is 15.9 Å². The third-order valence-corrected chi connectivity index (χ3v) is 4.28. The molecule has 0 aromatic heterocycles. The van der Waals surface area contributed by atoms with Gasteiger partial charge in [0.25, 0.3) is 0 Å². The summed E-state index contributed by atoms with van der Waals surface area (Å²) in [7, 11) is -1.77. The Morgan fingerprint density at radius 3 is 2.72 bits per heavy atom. The molecule has 1 heterocycles. The summed E-state index contributed by atoms with van der Waals surface area (Å²) in [5, 5.41) is 2.78. The van der Waals surface area contributed by atoms with Crippen molar-refractivity contribution in [1.29, 1.82) is 0 Å². The maximum Gasteiger partial charge on any atom is 0.238 e. The Balaban J connectivity index is 2.69. The van der Waals surface area contributed by atoms with E-state index in [1.54, 1.807) is 7.11 Å². The summed E-state index contributed by atoms with van der Waals surface area (Å²) in [5.74, 6) is -0.232. The number of ether oxygens (including phenoxy) is 1. The molecule has 7 heteroatoms. The predicted octanol–water partition coefficient (Wildman–Crippen LogP) is -0.0484. The van der Waals surface area contributed by atoms with E-state index in [0.717, 1.165) is 19.1 Å². The van der Waals surface area contributed by atoms with E-state index in [1.807, 2.05) is 6.92 Å².